The van der Waals surface area contributed by atoms with Crippen LogP contribution in [-0.2, 0) is 5.41 Å². The van der Waals surface area contributed by atoms with Crippen molar-refractivity contribution >= 4 is 0 Å². The maximum atomic E-state index is 4.50. The molecule has 0 amide bonds. The van der Waals surface area contributed by atoms with Crippen LogP contribution in [0.2, 0.25) is 0 Å². The summed E-state index contributed by atoms with van der Waals surface area (Å²) in [6, 6.07) is 43.1. The SMILES string of the molecule is CC(C)(c1ccccc1)c1ccc(-c2cccc(-c3cccc(-c4ccccn4)c3)c2)cc1. The van der Waals surface area contributed by atoms with Gasteiger partial charge in [-0.15, -0.1) is 0 Å². The zero-order valence-electron chi connectivity index (χ0n) is 19.1. The second-order valence-corrected chi connectivity index (χ2v) is 8.94. The van der Waals surface area contributed by atoms with Crippen LogP contribution in [0, 0.1) is 0 Å². The highest BCUT2D eigenvalue weighted by Crippen LogP contribution is 2.34. The monoisotopic (exact) mass is 425 g/mol. The van der Waals surface area contributed by atoms with Crippen molar-refractivity contribution in [1.29, 1.82) is 0 Å². The minimum absolute atomic E-state index is 0.0342. The van der Waals surface area contributed by atoms with Gasteiger partial charge in [-0.1, -0.05) is 111 Å². The van der Waals surface area contributed by atoms with Crippen LogP contribution in [0.5, 0.6) is 0 Å². The molecule has 1 nitrogen and oxygen atoms in total. The van der Waals surface area contributed by atoms with Gasteiger partial charge < -0.3 is 0 Å². The van der Waals surface area contributed by atoms with Crippen molar-refractivity contribution in [3.8, 4) is 33.5 Å². The topological polar surface area (TPSA) is 12.9 Å². The Hall–Kier alpha value is -3.97. The molecule has 0 fully saturated rings. The maximum Gasteiger partial charge on any atom is 0.0702 e. The smallest absolute Gasteiger partial charge is 0.0702 e. The predicted molar refractivity (Wildman–Crippen MR) is 139 cm³/mol. The third-order valence-corrected chi connectivity index (χ3v) is 6.45. The van der Waals surface area contributed by atoms with Crippen LogP contribution in [0.3, 0.4) is 0 Å². The van der Waals surface area contributed by atoms with E-state index in [0.717, 1.165) is 11.3 Å². The molecule has 0 radical (unpaired) electrons. The van der Waals surface area contributed by atoms with E-state index < -0.39 is 0 Å². The molecule has 0 saturated heterocycles. The van der Waals surface area contributed by atoms with Gasteiger partial charge in [0.05, 0.1) is 5.69 Å². The fraction of sp³-hybridized carbons (Fsp3) is 0.0938. The van der Waals surface area contributed by atoms with Crippen molar-refractivity contribution in [2.75, 3.05) is 0 Å². The Bertz CT molecular complexity index is 1350. The molecule has 0 atom stereocenters. The van der Waals surface area contributed by atoms with Gasteiger partial charge in [0.15, 0.2) is 0 Å². The molecule has 0 unspecified atom stereocenters. The predicted octanol–water partition coefficient (Wildman–Crippen LogP) is 8.41. The van der Waals surface area contributed by atoms with E-state index in [9.17, 15) is 0 Å². The third kappa shape index (κ3) is 4.36. The minimum Gasteiger partial charge on any atom is -0.256 e. The number of rotatable bonds is 5. The van der Waals surface area contributed by atoms with E-state index in [2.05, 4.69) is 122 Å². The molecular formula is C32H27N. The van der Waals surface area contributed by atoms with Gasteiger partial charge in [0.2, 0.25) is 0 Å². The summed E-state index contributed by atoms with van der Waals surface area (Å²) >= 11 is 0. The maximum absolute atomic E-state index is 4.50. The molecule has 33 heavy (non-hydrogen) atoms. The largest absolute Gasteiger partial charge is 0.256 e. The lowest BCUT2D eigenvalue weighted by Crippen LogP contribution is -2.18. The summed E-state index contributed by atoms with van der Waals surface area (Å²) in [6.45, 7) is 4.57. The summed E-state index contributed by atoms with van der Waals surface area (Å²) in [4.78, 5) is 4.50. The number of aromatic nitrogens is 1. The Balaban J connectivity index is 1.45. The van der Waals surface area contributed by atoms with E-state index >= 15 is 0 Å². The Labute approximate surface area is 196 Å². The summed E-state index contributed by atoms with van der Waals surface area (Å²) < 4.78 is 0. The molecule has 0 aliphatic carbocycles. The zero-order valence-corrected chi connectivity index (χ0v) is 19.1. The molecule has 160 valence electrons. The van der Waals surface area contributed by atoms with E-state index in [1.54, 1.807) is 0 Å². The average molecular weight is 426 g/mol. The van der Waals surface area contributed by atoms with Crippen LogP contribution in [0.1, 0.15) is 25.0 Å². The number of benzene rings is 4. The normalized spacial score (nSPS) is 11.3. The van der Waals surface area contributed by atoms with Gasteiger partial charge in [-0.25, -0.2) is 0 Å². The van der Waals surface area contributed by atoms with Gasteiger partial charge in [0.1, 0.15) is 0 Å². The molecule has 0 N–H and O–H groups in total. The highest BCUT2D eigenvalue weighted by Gasteiger charge is 2.22. The van der Waals surface area contributed by atoms with Gasteiger partial charge in [-0.05, 0) is 57.6 Å². The molecule has 0 saturated carbocycles. The van der Waals surface area contributed by atoms with Crippen LogP contribution in [0.15, 0.2) is 128 Å². The molecule has 0 aliphatic heterocycles. The Morgan fingerprint density at radius 3 is 1.64 bits per heavy atom. The van der Waals surface area contributed by atoms with Gasteiger partial charge >= 0.3 is 0 Å². The number of hydrogen-bond donors (Lipinski definition) is 0. The lowest BCUT2D eigenvalue weighted by atomic mass is 9.78. The summed E-state index contributed by atoms with van der Waals surface area (Å²) in [5, 5.41) is 0. The Morgan fingerprint density at radius 1 is 0.455 bits per heavy atom. The zero-order chi connectivity index (χ0) is 22.7. The second-order valence-electron chi connectivity index (χ2n) is 8.94. The van der Waals surface area contributed by atoms with Crippen molar-refractivity contribution in [2.24, 2.45) is 0 Å². The third-order valence-electron chi connectivity index (χ3n) is 6.45. The van der Waals surface area contributed by atoms with E-state index in [4.69, 9.17) is 0 Å². The van der Waals surface area contributed by atoms with Crippen molar-refractivity contribution in [1.82, 2.24) is 4.98 Å². The molecule has 1 aromatic heterocycles. The van der Waals surface area contributed by atoms with E-state index in [0.29, 0.717) is 0 Å². The lowest BCUT2D eigenvalue weighted by Gasteiger charge is -2.26. The van der Waals surface area contributed by atoms with Crippen LogP contribution in [-0.4, -0.2) is 4.98 Å². The summed E-state index contributed by atoms with van der Waals surface area (Å²) in [5.74, 6) is 0. The molecular weight excluding hydrogens is 398 g/mol. The highest BCUT2D eigenvalue weighted by molar-refractivity contribution is 5.76. The first kappa shape index (κ1) is 20.9. The quantitative estimate of drug-likeness (QED) is 0.275. The standard InChI is InChI=1S/C32H27N/c1-32(2,29-14-4-3-5-15-29)30-19-17-24(18-20-30)25-10-8-11-26(22-25)27-12-9-13-28(23-27)31-16-6-7-21-33-31/h3-23H,1-2H3. The van der Waals surface area contributed by atoms with Gasteiger partial charge in [0.25, 0.3) is 0 Å². The molecule has 0 aliphatic rings. The molecule has 4 aromatic carbocycles. The Morgan fingerprint density at radius 2 is 1.00 bits per heavy atom. The van der Waals surface area contributed by atoms with Crippen molar-refractivity contribution in [3.63, 3.8) is 0 Å². The lowest BCUT2D eigenvalue weighted by molar-refractivity contribution is 0.641. The van der Waals surface area contributed by atoms with E-state index in [1.807, 2.05) is 24.4 Å². The molecule has 0 bridgehead atoms. The summed E-state index contributed by atoms with van der Waals surface area (Å²) in [5.41, 5.74) is 9.58. The van der Waals surface area contributed by atoms with E-state index in [-0.39, 0.29) is 5.41 Å². The highest BCUT2D eigenvalue weighted by atomic mass is 14.7. The van der Waals surface area contributed by atoms with Crippen molar-refractivity contribution < 1.29 is 0 Å². The molecule has 1 heteroatoms. The average Bonchev–Trinajstić information content (AvgIpc) is 2.90. The van der Waals surface area contributed by atoms with Crippen LogP contribution in [0.25, 0.3) is 33.5 Å². The minimum atomic E-state index is -0.0342. The first-order valence-electron chi connectivity index (χ1n) is 11.4. The van der Waals surface area contributed by atoms with E-state index in [1.165, 1.54) is 33.4 Å². The fourth-order valence-electron chi connectivity index (χ4n) is 4.37. The summed E-state index contributed by atoms with van der Waals surface area (Å²) in [7, 11) is 0. The van der Waals surface area contributed by atoms with Gasteiger partial charge in [0, 0.05) is 17.2 Å². The number of hydrogen-bond acceptors (Lipinski definition) is 1. The van der Waals surface area contributed by atoms with Crippen LogP contribution in [0.4, 0.5) is 0 Å². The Kier molecular flexibility index (Phi) is 5.62. The first-order valence-corrected chi connectivity index (χ1v) is 11.4. The summed E-state index contributed by atoms with van der Waals surface area (Å²) in [6.07, 6.45) is 1.84. The first-order chi connectivity index (χ1) is 16.1. The molecule has 1 heterocycles. The molecule has 0 spiro atoms. The molecule has 5 aromatic rings. The molecule has 5 rings (SSSR count). The van der Waals surface area contributed by atoms with Crippen LogP contribution < -0.4 is 0 Å². The van der Waals surface area contributed by atoms with Crippen LogP contribution >= 0.6 is 0 Å². The fourth-order valence-corrected chi connectivity index (χ4v) is 4.37. The van der Waals surface area contributed by atoms with Gasteiger partial charge in [-0.2, -0.15) is 0 Å². The number of nitrogens with zero attached hydrogens (tertiary/aromatic N) is 1. The second kappa shape index (κ2) is 8.88. The van der Waals surface area contributed by atoms with Crippen molar-refractivity contribution in [3.05, 3.63) is 139 Å². The van der Waals surface area contributed by atoms with Crippen molar-refractivity contribution in [2.45, 2.75) is 19.3 Å². The number of pyridine rings is 1. The van der Waals surface area contributed by atoms with Gasteiger partial charge in [-0.3, -0.25) is 4.98 Å².